The van der Waals surface area contributed by atoms with Gasteiger partial charge in [0.25, 0.3) is 0 Å². The quantitative estimate of drug-likeness (QED) is 0.829. The molecule has 0 amide bonds. The molecule has 0 heterocycles. The Bertz CT molecular complexity index is 373. The average molecular weight is 281 g/mol. The molecule has 1 aliphatic carbocycles. The number of thioether (sulfide) groups is 1. The highest BCUT2D eigenvalue weighted by atomic mass is 32.2. The van der Waals surface area contributed by atoms with Crippen LogP contribution < -0.4 is 5.73 Å². The number of nitrogens with two attached hydrogens (primary N) is 1. The first-order chi connectivity index (χ1) is 9.20. The van der Waals surface area contributed by atoms with E-state index < -0.39 is 0 Å². The maximum atomic E-state index is 13.0. The molecule has 1 aromatic carbocycles. The van der Waals surface area contributed by atoms with Crippen LogP contribution in [-0.2, 0) is 0 Å². The third-order valence-corrected chi connectivity index (χ3v) is 5.69. The minimum atomic E-state index is -0.173. The minimum absolute atomic E-state index is 0.150. The van der Waals surface area contributed by atoms with E-state index >= 15 is 0 Å². The summed E-state index contributed by atoms with van der Waals surface area (Å²) < 4.78 is 13.0. The molecule has 19 heavy (non-hydrogen) atoms. The number of rotatable bonds is 6. The highest BCUT2D eigenvalue weighted by Crippen LogP contribution is 2.37. The normalized spacial score (nSPS) is 19.5. The lowest BCUT2D eigenvalue weighted by atomic mass is 10.0. The van der Waals surface area contributed by atoms with E-state index in [-0.39, 0.29) is 11.9 Å². The fourth-order valence-corrected chi connectivity index (χ4v) is 4.35. The van der Waals surface area contributed by atoms with Crippen LogP contribution in [0.15, 0.2) is 24.3 Å². The van der Waals surface area contributed by atoms with Gasteiger partial charge in [0, 0.05) is 11.3 Å². The summed E-state index contributed by atoms with van der Waals surface area (Å²) in [7, 11) is 0. The first kappa shape index (κ1) is 14.9. The maximum absolute atomic E-state index is 13.0. The van der Waals surface area contributed by atoms with E-state index in [1.165, 1.54) is 37.0 Å². The minimum Gasteiger partial charge on any atom is -0.326 e. The van der Waals surface area contributed by atoms with Crippen molar-refractivity contribution in [1.29, 1.82) is 0 Å². The highest BCUT2D eigenvalue weighted by molar-refractivity contribution is 7.99. The molecule has 1 aromatic rings. The zero-order chi connectivity index (χ0) is 13.7. The molecule has 0 saturated heterocycles. The van der Waals surface area contributed by atoms with Crippen molar-refractivity contribution >= 4 is 11.8 Å². The van der Waals surface area contributed by atoms with Crippen LogP contribution in [0.25, 0.3) is 0 Å². The lowest BCUT2D eigenvalue weighted by Crippen LogP contribution is -2.26. The molecule has 2 unspecified atom stereocenters. The van der Waals surface area contributed by atoms with Crippen molar-refractivity contribution in [1.82, 2.24) is 0 Å². The zero-order valence-corrected chi connectivity index (χ0v) is 12.5. The zero-order valence-electron chi connectivity index (χ0n) is 11.6. The van der Waals surface area contributed by atoms with Gasteiger partial charge in [-0.15, -0.1) is 0 Å². The predicted molar refractivity (Wildman–Crippen MR) is 81.8 cm³/mol. The maximum Gasteiger partial charge on any atom is 0.123 e. The summed E-state index contributed by atoms with van der Waals surface area (Å²) in [6.45, 7) is 2.12. The second kappa shape index (κ2) is 7.30. The Labute approximate surface area is 120 Å². The largest absolute Gasteiger partial charge is 0.326 e. The van der Waals surface area contributed by atoms with Crippen molar-refractivity contribution in [3.05, 3.63) is 35.6 Å². The number of hydrogen-bond acceptors (Lipinski definition) is 2. The Morgan fingerprint density at radius 1 is 1.26 bits per heavy atom. The van der Waals surface area contributed by atoms with Gasteiger partial charge in [-0.1, -0.05) is 31.9 Å². The van der Waals surface area contributed by atoms with E-state index in [1.54, 1.807) is 12.1 Å². The van der Waals surface area contributed by atoms with Gasteiger partial charge in [-0.2, -0.15) is 11.8 Å². The standard InChI is InChI=1S/C16H24FNS/c1-2-15(18)16(13-7-9-14(17)10-8-13)19-11-12-5-3-4-6-12/h7-10,12,15-16H,2-6,11,18H2,1H3. The van der Waals surface area contributed by atoms with E-state index in [4.69, 9.17) is 5.73 Å². The lowest BCUT2D eigenvalue weighted by Gasteiger charge is -2.24. The molecule has 0 bridgehead atoms. The van der Waals surface area contributed by atoms with Crippen molar-refractivity contribution in [2.24, 2.45) is 11.7 Å². The third kappa shape index (κ3) is 4.22. The number of benzene rings is 1. The fourth-order valence-electron chi connectivity index (χ4n) is 2.75. The Morgan fingerprint density at radius 3 is 2.47 bits per heavy atom. The van der Waals surface area contributed by atoms with Crippen LogP contribution >= 0.6 is 11.8 Å². The van der Waals surface area contributed by atoms with Crippen LogP contribution in [-0.4, -0.2) is 11.8 Å². The van der Waals surface area contributed by atoms with Crippen LogP contribution in [0.4, 0.5) is 4.39 Å². The Hall–Kier alpha value is -0.540. The Morgan fingerprint density at radius 2 is 1.89 bits per heavy atom. The summed E-state index contributed by atoms with van der Waals surface area (Å²) in [4.78, 5) is 0. The number of halogens is 1. The molecule has 0 spiro atoms. The summed E-state index contributed by atoms with van der Waals surface area (Å²) in [6.07, 6.45) is 6.45. The van der Waals surface area contributed by atoms with Crippen molar-refractivity contribution < 1.29 is 4.39 Å². The molecule has 2 atom stereocenters. The van der Waals surface area contributed by atoms with Crippen molar-refractivity contribution in [3.63, 3.8) is 0 Å². The molecule has 0 radical (unpaired) electrons. The van der Waals surface area contributed by atoms with Crippen molar-refractivity contribution in [2.45, 2.75) is 50.3 Å². The SMILES string of the molecule is CCC(N)C(SCC1CCCC1)c1ccc(F)cc1. The summed E-state index contributed by atoms with van der Waals surface area (Å²) in [6, 6.07) is 7.01. The number of hydrogen-bond donors (Lipinski definition) is 1. The highest BCUT2D eigenvalue weighted by Gasteiger charge is 2.22. The van der Waals surface area contributed by atoms with E-state index in [0.29, 0.717) is 5.25 Å². The molecule has 1 aliphatic rings. The molecular formula is C16H24FNS. The molecule has 3 heteroatoms. The second-order valence-electron chi connectivity index (χ2n) is 5.53. The van der Waals surface area contributed by atoms with E-state index in [0.717, 1.165) is 12.3 Å². The van der Waals surface area contributed by atoms with E-state index in [1.807, 2.05) is 23.9 Å². The predicted octanol–water partition coefficient (Wildman–Crippen LogP) is 4.53. The second-order valence-corrected chi connectivity index (χ2v) is 6.70. The third-order valence-electron chi connectivity index (χ3n) is 4.05. The Balaban J connectivity index is 2.00. The van der Waals surface area contributed by atoms with Crippen LogP contribution in [0.5, 0.6) is 0 Å². The topological polar surface area (TPSA) is 26.0 Å². The molecule has 1 nitrogen and oxygen atoms in total. The van der Waals surface area contributed by atoms with Crippen LogP contribution in [0.3, 0.4) is 0 Å². The monoisotopic (exact) mass is 281 g/mol. The van der Waals surface area contributed by atoms with Gasteiger partial charge in [0.05, 0.1) is 0 Å². The van der Waals surface area contributed by atoms with Crippen LogP contribution in [0.1, 0.15) is 49.8 Å². The summed E-state index contributed by atoms with van der Waals surface area (Å²) in [5, 5.41) is 0.297. The fraction of sp³-hybridized carbons (Fsp3) is 0.625. The van der Waals surface area contributed by atoms with Gasteiger partial charge in [0.1, 0.15) is 5.82 Å². The van der Waals surface area contributed by atoms with Gasteiger partial charge in [-0.05, 0) is 48.6 Å². The molecule has 2 N–H and O–H groups in total. The molecule has 106 valence electrons. The van der Waals surface area contributed by atoms with Gasteiger partial charge >= 0.3 is 0 Å². The van der Waals surface area contributed by atoms with E-state index in [2.05, 4.69) is 6.92 Å². The summed E-state index contributed by atoms with van der Waals surface area (Å²) in [5.74, 6) is 1.88. The van der Waals surface area contributed by atoms with Gasteiger partial charge in [0.2, 0.25) is 0 Å². The average Bonchev–Trinajstić information content (AvgIpc) is 2.93. The van der Waals surface area contributed by atoms with Gasteiger partial charge in [-0.25, -0.2) is 4.39 Å². The van der Waals surface area contributed by atoms with Crippen LogP contribution in [0.2, 0.25) is 0 Å². The van der Waals surface area contributed by atoms with Crippen molar-refractivity contribution in [2.75, 3.05) is 5.75 Å². The van der Waals surface area contributed by atoms with Gasteiger partial charge in [0.15, 0.2) is 0 Å². The smallest absolute Gasteiger partial charge is 0.123 e. The first-order valence-electron chi connectivity index (χ1n) is 7.33. The van der Waals surface area contributed by atoms with Crippen molar-refractivity contribution in [3.8, 4) is 0 Å². The molecule has 2 rings (SSSR count). The Kier molecular flexibility index (Phi) is 5.71. The molecule has 0 aliphatic heterocycles. The lowest BCUT2D eigenvalue weighted by molar-refractivity contribution is 0.604. The molecule has 1 fully saturated rings. The molecular weight excluding hydrogens is 257 g/mol. The van der Waals surface area contributed by atoms with E-state index in [9.17, 15) is 4.39 Å². The molecule has 1 saturated carbocycles. The van der Waals surface area contributed by atoms with Crippen LogP contribution in [0, 0.1) is 11.7 Å². The molecule has 0 aromatic heterocycles. The first-order valence-corrected chi connectivity index (χ1v) is 8.38. The van der Waals surface area contributed by atoms with Gasteiger partial charge in [-0.3, -0.25) is 0 Å². The summed E-state index contributed by atoms with van der Waals surface area (Å²) in [5.41, 5.74) is 7.42. The van der Waals surface area contributed by atoms with Gasteiger partial charge < -0.3 is 5.73 Å². The summed E-state index contributed by atoms with van der Waals surface area (Å²) >= 11 is 1.96.